The van der Waals surface area contributed by atoms with Crippen LogP contribution in [-0.2, 0) is 22.1 Å². The van der Waals surface area contributed by atoms with Crippen LogP contribution in [0.3, 0.4) is 0 Å². The van der Waals surface area contributed by atoms with Crippen LogP contribution in [0.2, 0.25) is 0 Å². The minimum absolute atomic E-state index is 0.108. The van der Waals surface area contributed by atoms with Gasteiger partial charge in [-0.2, -0.15) is 0 Å². The molecule has 7 heteroatoms. The van der Waals surface area contributed by atoms with Crippen molar-refractivity contribution < 1.29 is 12.8 Å². The fraction of sp³-hybridized carbons (Fsp3) is 0.611. The van der Waals surface area contributed by atoms with Crippen LogP contribution in [0.1, 0.15) is 44.2 Å². The fourth-order valence-corrected chi connectivity index (χ4v) is 3.79. The first-order valence-electron chi connectivity index (χ1n) is 8.82. The molecule has 1 fully saturated rings. The van der Waals surface area contributed by atoms with Gasteiger partial charge in [0.25, 0.3) is 0 Å². The van der Waals surface area contributed by atoms with Gasteiger partial charge in [-0.1, -0.05) is 19.4 Å². The molecule has 0 radical (unpaired) electrons. The molecule has 1 aliphatic rings. The molecule has 1 aromatic carbocycles. The number of guanidine groups is 1. The highest BCUT2D eigenvalue weighted by atomic mass is 32.2. The number of hydrogen-bond donors (Lipinski definition) is 2. The Morgan fingerprint density at radius 1 is 1.32 bits per heavy atom. The number of halogens is 1. The topological polar surface area (TPSA) is 70.6 Å². The van der Waals surface area contributed by atoms with E-state index in [1.807, 2.05) is 6.92 Å². The molecule has 25 heavy (non-hydrogen) atoms. The molecule has 0 saturated heterocycles. The zero-order valence-electron chi connectivity index (χ0n) is 15.2. The summed E-state index contributed by atoms with van der Waals surface area (Å²) in [5.41, 5.74) is 1.20. The smallest absolute Gasteiger partial charge is 0.191 e. The van der Waals surface area contributed by atoms with Gasteiger partial charge in [0.2, 0.25) is 0 Å². The largest absolute Gasteiger partial charge is 0.357 e. The summed E-state index contributed by atoms with van der Waals surface area (Å²) in [5.74, 6) is 0.902. The molecule has 5 nitrogen and oxygen atoms in total. The summed E-state index contributed by atoms with van der Waals surface area (Å²) < 4.78 is 36.7. The predicted molar refractivity (Wildman–Crippen MR) is 99.7 cm³/mol. The monoisotopic (exact) mass is 369 g/mol. The summed E-state index contributed by atoms with van der Waals surface area (Å²) in [6.07, 6.45) is 4.71. The van der Waals surface area contributed by atoms with E-state index in [0.717, 1.165) is 13.0 Å². The average molecular weight is 370 g/mol. The molecule has 2 unspecified atom stereocenters. The molecule has 1 saturated carbocycles. The number of nitrogens with zero attached hydrogens (tertiary/aromatic N) is 1. The molecule has 1 aromatic rings. The van der Waals surface area contributed by atoms with Crippen molar-refractivity contribution in [2.45, 2.75) is 51.4 Å². The third kappa shape index (κ3) is 6.65. The number of nitrogens with one attached hydrogen (secondary N) is 2. The standard InChI is InChI=1S/C18H28FN3O2S/c1-4-6-13-10-17(13)22-18(20-5-2)21-11-15-9-16(19)8-7-14(15)12-25(3,23)24/h7-9,13,17H,4-6,10-12H2,1-3H3,(H2,20,21,22). The number of sulfone groups is 1. The van der Waals surface area contributed by atoms with Crippen LogP contribution < -0.4 is 10.6 Å². The molecule has 0 aliphatic heterocycles. The van der Waals surface area contributed by atoms with Crippen LogP contribution in [0.15, 0.2) is 23.2 Å². The third-order valence-corrected chi connectivity index (χ3v) is 5.08. The first kappa shape index (κ1) is 19.7. The molecule has 140 valence electrons. The van der Waals surface area contributed by atoms with Crippen molar-refractivity contribution in [2.24, 2.45) is 10.9 Å². The van der Waals surface area contributed by atoms with E-state index in [2.05, 4.69) is 22.5 Å². The molecule has 2 rings (SSSR count). The number of aliphatic imine (C=N–C) groups is 1. The number of benzene rings is 1. The van der Waals surface area contributed by atoms with Crippen LogP contribution in [-0.4, -0.2) is 33.2 Å². The Hall–Kier alpha value is -1.63. The van der Waals surface area contributed by atoms with Crippen molar-refractivity contribution in [1.29, 1.82) is 0 Å². The van der Waals surface area contributed by atoms with Gasteiger partial charge in [0.05, 0.1) is 12.3 Å². The van der Waals surface area contributed by atoms with E-state index in [4.69, 9.17) is 0 Å². The molecule has 0 heterocycles. The van der Waals surface area contributed by atoms with Gasteiger partial charge in [-0.05, 0) is 48.9 Å². The second kappa shape index (κ2) is 8.65. The second-order valence-electron chi connectivity index (χ2n) is 6.71. The first-order valence-corrected chi connectivity index (χ1v) is 10.9. The Kier molecular flexibility index (Phi) is 6.81. The van der Waals surface area contributed by atoms with E-state index >= 15 is 0 Å². The summed E-state index contributed by atoms with van der Waals surface area (Å²) in [6, 6.07) is 4.63. The van der Waals surface area contributed by atoms with Gasteiger partial charge in [-0.3, -0.25) is 0 Å². The second-order valence-corrected chi connectivity index (χ2v) is 8.85. The van der Waals surface area contributed by atoms with Gasteiger partial charge in [0.15, 0.2) is 15.8 Å². The lowest BCUT2D eigenvalue weighted by Gasteiger charge is -2.12. The van der Waals surface area contributed by atoms with E-state index in [9.17, 15) is 12.8 Å². The molecule has 0 bridgehead atoms. The van der Waals surface area contributed by atoms with Gasteiger partial charge in [-0.25, -0.2) is 17.8 Å². The lowest BCUT2D eigenvalue weighted by atomic mass is 10.1. The van der Waals surface area contributed by atoms with Gasteiger partial charge >= 0.3 is 0 Å². The lowest BCUT2D eigenvalue weighted by molar-refractivity contribution is 0.600. The van der Waals surface area contributed by atoms with Gasteiger partial charge in [-0.15, -0.1) is 0 Å². The Labute approximate surface area is 150 Å². The highest BCUT2D eigenvalue weighted by Gasteiger charge is 2.36. The van der Waals surface area contributed by atoms with Crippen molar-refractivity contribution in [3.05, 3.63) is 35.1 Å². The Bertz CT molecular complexity index is 719. The number of hydrogen-bond acceptors (Lipinski definition) is 3. The summed E-state index contributed by atoms with van der Waals surface area (Å²) in [5, 5.41) is 6.60. The Morgan fingerprint density at radius 2 is 2.08 bits per heavy atom. The van der Waals surface area contributed by atoms with Crippen molar-refractivity contribution >= 4 is 15.8 Å². The SMILES string of the molecule is CCCC1CC1NC(=NCc1cc(F)ccc1CS(C)(=O)=O)NCC. The zero-order chi connectivity index (χ0) is 18.4. The van der Waals surface area contributed by atoms with Crippen LogP contribution in [0.4, 0.5) is 4.39 Å². The highest BCUT2D eigenvalue weighted by Crippen LogP contribution is 2.34. The lowest BCUT2D eigenvalue weighted by Crippen LogP contribution is -2.39. The maximum Gasteiger partial charge on any atom is 0.191 e. The van der Waals surface area contributed by atoms with Crippen LogP contribution >= 0.6 is 0 Å². The van der Waals surface area contributed by atoms with Crippen molar-refractivity contribution in [1.82, 2.24) is 10.6 Å². The van der Waals surface area contributed by atoms with Crippen LogP contribution in [0, 0.1) is 11.7 Å². The predicted octanol–water partition coefficient (Wildman–Crippen LogP) is 2.61. The van der Waals surface area contributed by atoms with E-state index in [-0.39, 0.29) is 18.1 Å². The maximum atomic E-state index is 13.6. The van der Waals surface area contributed by atoms with Crippen molar-refractivity contribution in [2.75, 3.05) is 12.8 Å². The molecule has 2 N–H and O–H groups in total. The minimum atomic E-state index is -3.19. The molecular weight excluding hydrogens is 341 g/mol. The van der Waals surface area contributed by atoms with E-state index in [1.54, 1.807) is 0 Å². The van der Waals surface area contributed by atoms with E-state index in [1.165, 1.54) is 37.3 Å². The van der Waals surface area contributed by atoms with E-state index in [0.29, 0.717) is 29.0 Å². The average Bonchev–Trinajstić information content (AvgIpc) is 3.24. The van der Waals surface area contributed by atoms with E-state index < -0.39 is 9.84 Å². The Balaban J connectivity index is 2.10. The van der Waals surface area contributed by atoms with Crippen LogP contribution in [0.25, 0.3) is 0 Å². The molecule has 1 aliphatic carbocycles. The quantitative estimate of drug-likeness (QED) is 0.546. The summed E-state index contributed by atoms with van der Waals surface area (Å²) >= 11 is 0. The number of rotatable bonds is 8. The minimum Gasteiger partial charge on any atom is -0.357 e. The summed E-state index contributed by atoms with van der Waals surface area (Å²) in [7, 11) is -3.19. The maximum absolute atomic E-state index is 13.6. The van der Waals surface area contributed by atoms with Crippen LogP contribution in [0.5, 0.6) is 0 Å². The Morgan fingerprint density at radius 3 is 2.72 bits per heavy atom. The highest BCUT2D eigenvalue weighted by molar-refractivity contribution is 7.89. The normalized spacial score (nSPS) is 20.4. The third-order valence-electron chi connectivity index (χ3n) is 4.24. The molecular formula is C18H28FN3O2S. The van der Waals surface area contributed by atoms with Gasteiger partial charge in [0.1, 0.15) is 5.82 Å². The molecule has 0 amide bonds. The molecule has 2 atom stereocenters. The van der Waals surface area contributed by atoms with Crippen molar-refractivity contribution in [3.63, 3.8) is 0 Å². The van der Waals surface area contributed by atoms with Gasteiger partial charge in [0, 0.05) is 18.8 Å². The summed E-state index contributed by atoms with van der Waals surface area (Å²) in [6.45, 7) is 5.15. The van der Waals surface area contributed by atoms with Crippen molar-refractivity contribution in [3.8, 4) is 0 Å². The fourth-order valence-electron chi connectivity index (χ4n) is 2.94. The first-order chi connectivity index (χ1) is 11.8. The summed E-state index contributed by atoms with van der Waals surface area (Å²) in [4.78, 5) is 4.52. The van der Waals surface area contributed by atoms with Gasteiger partial charge < -0.3 is 10.6 Å². The zero-order valence-corrected chi connectivity index (χ0v) is 16.0. The molecule has 0 spiro atoms. The molecule has 0 aromatic heterocycles.